The fourth-order valence-corrected chi connectivity index (χ4v) is 1.59. The Morgan fingerprint density at radius 3 is 2.73 bits per heavy atom. The lowest BCUT2D eigenvalue weighted by atomic mass is 10.3. The van der Waals surface area contributed by atoms with Gasteiger partial charge in [-0.05, 0) is 17.7 Å². The second-order valence-corrected chi connectivity index (χ2v) is 3.63. The molecule has 0 amide bonds. The van der Waals surface area contributed by atoms with Crippen LogP contribution in [0.1, 0.15) is 5.56 Å². The van der Waals surface area contributed by atoms with Crippen molar-refractivity contribution in [2.24, 2.45) is 0 Å². The van der Waals surface area contributed by atoms with Crippen LogP contribution in [0.25, 0.3) is 5.82 Å². The lowest BCUT2D eigenvalue weighted by Gasteiger charge is -2.03. The minimum Gasteiger partial charge on any atom is -0.269 e. The first-order chi connectivity index (χ1) is 7.31. The monoisotopic (exact) mass is 264 g/mol. The second kappa shape index (κ2) is 4.40. The first-order valence-corrected chi connectivity index (χ1v) is 5.62. The largest absolute Gasteiger partial charge is 0.269 e. The van der Waals surface area contributed by atoms with E-state index < -0.39 is 0 Å². The first-order valence-electron chi connectivity index (χ1n) is 4.50. The van der Waals surface area contributed by atoms with E-state index in [1.165, 1.54) is 10.6 Å². The predicted octanol–water partition coefficient (Wildman–Crippen LogP) is 2.13. The van der Waals surface area contributed by atoms with Crippen LogP contribution in [0.5, 0.6) is 0 Å². The van der Waals surface area contributed by atoms with Gasteiger partial charge in [0.05, 0.1) is 0 Å². The van der Waals surface area contributed by atoms with Crippen molar-refractivity contribution in [3.8, 4) is 5.82 Å². The number of aromatic nitrogens is 2. The van der Waals surface area contributed by atoms with Crippen LogP contribution in [-0.4, -0.2) is 9.55 Å². The molecule has 0 aliphatic carbocycles. The van der Waals surface area contributed by atoms with Crippen LogP contribution in [0, 0.1) is 0 Å². The molecule has 0 N–H and O–H groups in total. The molecule has 0 spiro atoms. The summed E-state index contributed by atoms with van der Waals surface area (Å²) in [6, 6.07) is 8.81. The summed E-state index contributed by atoms with van der Waals surface area (Å²) >= 11 is 3.34. The molecule has 4 heteroatoms. The minimum absolute atomic E-state index is 0.0726. The molecule has 0 saturated heterocycles. The highest BCUT2D eigenvalue weighted by molar-refractivity contribution is 9.08. The third-order valence-corrected chi connectivity index (χ3v) is 2.68. The Labute approximate surface area is 95.5 Å². The van der Waals surface area contributed by atoms with Crippen molar-refractivity contribution in [1.29, 1.82) is 0 Å². The third-order valence-electron chi connectivity index (χ3n) is 2.03. The Hall–Kier alpha value is -1.42. The number of pyridine rings is 2. The van der Waals surface area contributed by atoms with Crippen molar-refractivity contribution in [1.82, 2.24) is 9.55 Å². The smallest absolute Gasteiger partial charge is 0.256 e. The molecule has 3 nitrogen and oxygen atoms in total. The number of hydrogen-bond donors (Lipinski definition) is 0. The molecule has 0 aliphatic rings. The molecule has 0 radical (unpaired) electrons. The zero-order valence-corrected chi connectivity index (χ0v) is 9.52. The summed E-state index contributed by atoms with van der Waals surface area (Å²) in [7, 11) is 0. The fourth-order valence-electron chi connectivity index (χ4n) is 1.25. The van der Waals surface area contributed by atoms with Crippen LogP contribution in [0.15, 0.2) is 47.5 Å². The Balaban J connectivity index is 2.46. The van der Waals surface area contributed by atoms with Crippen LogP contribution in [0.3, 0.4) is 0 Å². The van der Waals surface area contributed by atoms with Crippen molar-refractivity contribution < 1.29 is 0 Å². The number of alkyl halides is 1. The Morgan fingerprint density at radius 2 is 2.13 bits per heavy atom. The average Bonchev–Trinajstić information content (AvgIpc) is 2.30. The van der Waals surface area contributed by atoms with E-state index in [4.69, 9.17) is 0 Å². The Kier molecular flexibility index (Phi) is 2.97. The SMILES string of the molecule is O=c1ccccn1-c1ccc(CBr)cn1. The summed E-state index contributed by atoms with van der Waals surface area (Å²) < 4.78 is 1.51. The van der Waals surface area contributed by atoms with E-state index in [1.807, 2.05) is 18.2 Å². The van der Waals surface area contributed by atoms with Gasteiger partial charge in [0.15, 0.2) is 0 Å². The van der Waals surface area contributed by atoms with Gasteiger partial charge in [-0.25, -0.2) is 4.98 Å². The van der Waals surface area contributed by atoms with Gasteiger partial charge in [-0.3, -0.25) is 9.36 Å². The molecule has 2 rings (SSSR count). The van der Waals surface area contributed by atoms with Gasteiger partial charge >= 0.3 is 0 Å². The van der Waals surface area contributed by atoms with Crippen LogP contribution < -0.4 is 5.56 Å². The molecular formula is C11H9BrN2O. The summed E-state index contributed by atoms with van der Waals surface area (Å²) in [5, 5.41) is 0.768. The van der Waals surface area contributed by atoms with E-state index in [0.717, 1.165) is 10.9 Å². The van der Waals surface area contributed by atoms with E-state index in [1.54, 1.807) is 18.5 Å². The zero-order chi connectivity index (χ0) is 10.7. The quantitative estimate of drug-likeness (QED) is 0.779. The molecule has 0 bridgehead atoms. The normalized spacial score (nSPS) is 10.2. The third kappa shape index (κ3) is 2.15. The lowest BCUT2D eigenvalue weighted by Crippen LogP contribution is -2.16. The number of nitrogens with zero attached hydrogens (tertiary/aromatic N) is 2. The molecule has 0 unspecified atom stereocenters. The van der Waals surface area contributed by atoms with Gasteiger partial charge in [0.25, 0.3) is 5.56 Å². The summed E-state index contributed by atoms with van der Waals surface area (Å²) in [5.74, 6) is 0.644. The van der Waals surface area contributed by atoms with E-state index in [-0.39, 0.29) is 5.56 Å². The maximum atomic E-state index is 11.5. The molecule has 0 saturated carbocycles. The van der Waals surface area contributed by atoms with Crippen molar-refractivity contribution in [3.05, 3.63) is 58.6 Å². The predicted molar refractivity (Wildman–Crippen MR) is 62.5 cm³/mol. The lowest BCUT2D eigenvalue weighted by molar-refractivity contribution is 0.937. The van der Waals surface area contributed by atoms with E-state index in [9.17, 15) is 4.79 Å². The van der Waals surface area contributed by atoms with Gasteiger partial charge in [-0.1, -0.05) is 28.1 Å². The number of hydrogen-bond acceptors (Lipinski definition) is 2. The summed E-state index contributed by atoms with van der Waals surface area (Å²) in [6.07, 6.45) is 3.46. The number of rotatable bonds is 2. The standard InChI is InChI=1S/C11H9BrN2O/c12-7-9-4-5-10(13-8-9)14-6-2-1-3-11(14)15/h1-6,8H,7H2. The molecule has 2 aromatic rings. The van der Waals surface area contributed by atoms with Crippen LogP contribution in [0.4, 0.5) is 0 Å². The van der Waals surface area contributed by atoms with Gasteiger partial charge in [-0.2, -0.15) is 0 Å². The molecule has 2 heterocycles. The molecular weight excluding hydrogens is 256 g/mol. The highest BCUT2D eigenvalue weighted by Gasteiger charge is 1.98. The van der Waals surface area contributed by atoms with E-state index >= 15 is 0 Å². The topological polar surface area (TPSA) is 34.9 Å². The average molecular weight is 265 g/mol. The fraction of sp³-hybridized carbons (Fsp3) is 0.0909. The zero-order valence-electron chi connectivity index (χ0n) is 7.93. The van der Waals surface area contributed by atoms with Crippen molar-refractivity contribution in [3.63, 3.8) is 0 Å². The minimum atomic E-state index is -0.0726. The molecule has 0 aliphatic heterocycles. The van der Waals surface area contributed by atoms with Crippen molar-refractivity contribution in [2.75, 3.05) is 0 Å². The summed E-state index contributed by atoms with van der Waals surface area (Å²) in [4.78, 5) is 15.7. The van der Waals surface area contributed by atoms with Gasteiger partial charge in [0, 0.05) is 23.8 Å². The van der Waals surface area contributed by atoms with E-state index in [0.29, 0.717) is 5.82 Å². The van der Waals surface area contributed by atoms with Gasteiger partial charge in [-0.15, -0.1) is 0 Å². The Bertz CT molecular complexity index is 504. The number of halogens is 1. The summed E-state index contributed by atoms with van der Waals surface area (Å²) in [5.41, 5.74) is 1.01. The Morgan fingerprint density at radius 1 is 1.27 bits per heavy atom. The van der Waals surface area contributed by atoms with Crippen molar-refractivity contribution >= 4 is 15.9 Å². The molecule has 15 heavy (non-hydrogen) atoms. The molecule has 0 aromatic carbocycles. The van der Waals surface area contributed by atoms with Crippen LogP contribution in [0.2, 0.25) is 0 Å². The second-order valence-electron chi connectivity index (χ2n) is 3.07. The summed E-state index contributed by atoms with van der Waals surface area (Å²) in [6.45, 7) is 0. The molecule has 0 atom stereocenters. The molecule has 2 aromatic heterocycles. The maximum Gasteiger partial charge on any atom is 0.256 e. The first kappa shape index (κ1) is 10.1. The van der Waals surface area contributed by atoms with Gasteiger partial charge in [0.1, 0.15) is 5.82 Å². The highest BCUT2D eigenvalue weighted by atomic mass is 79.9. The van der Waals surface area contributed by atoms with Crippen molar-refractivity contribution in [2.45, 2.75) is 5.33 Å². The highest BCUT2D eigenvalue weighted by Crippen LogP contribution is 2.06. The van der Waals surface area contributed by atoms with Gasteiger partial charge < -0.3 is 0 Å². The van der Waals surface area contributed by atoms with E-state index in [2.05, 4.69) is 20.9 Å². The van der Waals surface area contributed by atoms with Crippen LogP contribution in [-0.2, 0) is 5.33 Å². The maximum absolute atomic E-state index is 11.5. The molecule has 76 valence electrons. The van der Waals surface area contributed by atoms with Crippen LogP contribution >= 0.6 is 15.9 Å². The van der Waals surface area contributed by atoms with Gasteiger partial charge in [0.2, 0.25) is 0 Å². The molecule has 0 fully saturated rings.